The topological polar surface area (TPSA) is 20.2 Å². The number of hydrogen-bond donors (Lipinski definition) is 1. The predicted molar refractivity (Wildman–Crippen MR) is 66.0 cm³/mol. The summed E-state index contributed by atoms with van der Waals surface area (Å²) in [5.74, 6) is 1.62. The molecule has 0 aromatic heterocycles. The zero-order valence-corrected chi connectivity index (χ0v) is 11.0. The van der Waals surface area contributed by atoms with Crippen LogP contribution in [0.4, 0.5) is 0 Å². The van der Waals surface area contributed by atoms with E-state index in [1.807, 2.05) is 0 Å². The molecule has 1 heteroatoms. The van der Waals surface area contributed by atoms with Crippen molar-refractivity contribution < 1.29 is 5.11 Å². The number of allylic oxidation sites excluding steroid dienone is 1. The van der Waals surface area contributed by atoms with Crippen LogP contribution >= 0.6 is 0 Å². The van der Waals surface area contributed by atoms with Crippen molar-refractivity contribution in [1.82, 2.24) is 0 Å². The molecule has 1 N–H and O–H groups in total. The average molecular weight is 220 g/mol. The van der Waals surface area contributed by atoms with Gasteiger partial charge in [-0.2, -0.15) is 0 Å². The van der Waals surface area contributed by atoms with Crippen molar-refractivity contribution in [3.8, 4) is 0 Å². The van der Waals surface area contributed by atoms with E-state index in [0.717, 1.165) is 18.3 Å². The number of fused-ring (bicyclic) bond motifs is 1. The summed E-state index contributed by atoms with van der Waals surface area (Å²) in [7, 11) is 0. The molecule has 0 heterocycles. The van der Waals surface area contributed by atoms with E-state index in [4.69, 9.17) is 0 Å². The third-order valence-electron chi connectivity index (χ3n) is 6.44. The van der Waals surface area contributed by atoms with E-state index in [1.165, 1.54) is 24.8 Å². The summed E-state index contributed by atoms with van der Waals surface area (Å²) in [5, 5.41) is 10.2. The third kappa shape index (κ3) is 0.932. The van der Waals surface area contributed by atoms with Gasteiger partial charge in [0, 0.05) is 5.41 Å². The Bertz CT molecular complexity index is 366. The van der Waals surface area contributed by atoms with Crippen LogP contribution in [0.25, 0.3) is 0 Å². The normalized spacial score (nSPS) is 49.7. The standard InChI is InChI=1S/C15H24O/c1-9-5-6-11-7-12-10(2)13(16)8-15(9,12)14(11,3)4/h9,11,13,16H,5-8H2,1-4H3/t9-,11-,13+,15+/m1/s1. The Morgan fingerprint density at radius 1 is 1.25 bits per heavy atom. The fourth-order valence-corrected chi connectivity index (χ4v) is 5.29. The molecule has 16 heavy (non-hydrogen) atoms. The van der Waals surface area contributed by atoms with E-state index >= 15 is 0 Å². The molecule has 2 bridgehead atoms. The fraction of sp³-hybridized carbons (Fsp3) is 0.867. The van der Waals surface area contributed by atoms with E-state index in [-0.39, 0.29) is 6.10 Å². The van der Waals surface area contributed by atoms with Gasteiger partial charge in [-0.25, -0.2) is 0 Å². The van der Waals surface area contributed by atoms with Gasteiger partial charge in [0.15, 0.2) is 0 Å². The zero-order valence-electron chi connectivity index (χ0n) is 11.0. The predicted octanol–water partition coefficient (Wildman–Crippen LogP) is 3.53. The molecule has 4 atom stereocenters. The van der Waals surface area contributed by atoms with Gasteiger partial charge in [-0.3, -0.25) is 0 Å². The van der Waals surface area contributed by atoms with Crippen molar-refractivity contribution in [2.24, 2.45) is 22.7 Å². The fourth-order valence-electron chi connectivity index (χ4n) is 5.29. The molecular formula is C15H24O. The minimum Gasteiger partial charge on any atom is -0.389 e. The van der Waals surface area contributed by atoms with Gasteiger partial charge in [0.1, 0.15) is 0 Å². The quantitative estimate of drug-likeness (QED) is 0.619. The van der Waals surface area contributed by atoms with Crippen LogP contribution in [0, 0.1) is 22.7 Å². The van der Waals surface area contributed by atoms with Crippen molar-refractivity contribution in [2.75, 3.05) is 0 Å². The molecule has 0 unspecified atom stereocenters. The van der Waals surface area contributed by atoms with Gasteiger partial charge in [-0.15, -0.1) is 0 Å². The molecule has 0 aromatic carbocycles. The van der Waals surface area contributed by atoms with Crippen LogP contribution in [-0.2, 0) is 0 Å². The monoisotopic (exact) mass is 220 g/mol. The number of hydrogen-bond acceptors (Lipinski definition) is 1. The minimum absolute atomic E-state index is 0.157. The van der Waals surface area contributed by atoms with Gasteiger partial charge in [0.2, 0.25) is 0 Å². The van der Waals surface area contributed by atoms with Gasteiger partial charge < -0.3 is 5.11 Å². The molecule has 1 spiro atoms. The molecule has 0 radical (unpaired) electrons. The summed E-state index contributed by atoms with van der Waals surface area (Å²) in [4.78, 5) is 0. The number of aliphatic hydroxyl groups excluding tert-OH is 1. The Morgan fingerprint density at radius 3 is 2.62 bits per heavy atom. The van der Waals surface area contributed by atoms with Crippen molar-refractivity contribution in [2.45, 2.75) is 59.5 Å². The Labute approximate surface area is 98.9 Å². The summed E-state index contributed by atoms with van der Waals surface area (Å²) in [6, 6.07) is 0. The molecule has 2 saturated carbocycles. The van der Waals surface area contributed by atoms with Gasteiger partial charge in [0.25, 0.3) is 0 Å². The van der Waals surface area contributed by atoms with Gasteiger partial charge in [0.05, 0.1) is 6.10 Å². The Kier molecular flexibility index (Phi) is 1.98. The highest BCUT2D eigenvalue weighted by molar-refractivity contribution is 5.40. The summed E-state index contributed by atoms with van der Waals surface area (Å²) >= 11 is 0. The van der Waals surface area contributed by atoms with Crippen LogP contribution < -0.4 is 0 Å². The summed E-state index contributed by atoms with van der Waals surface area (Å²) < 4.78 is 0. The number of rotatable bonds is 0. The third-order valence-corrected chi connectivity index (χ3v) is 6.44. The number of aliphatic hydroxyl groups is 1. The molecule has 2 fully saturated rings. The van der Waals surface area contributed by atoms with Crippen molar-refractivity contribution >= 4 is 0 Å². The van der Waals surface area contributed by atoms with Crippen LogP contribution in [0.15, 0.2) is 11.1 Å². The van der Waals surface area contributed by atoms with Crippen molar-refractivity contribution in [1.29, 1.82) is 0 Å². The molecule has 3 aliphatic rings. The largest absolute Gasteiger partial charge is 0.389 e. The summed E-state index contributed by atoms with van der Waals surface area (Å²) in [6.07, 6.45) is 4.86. The lowest BCUT2D eigenvalue weighted by Crippen LogP contribution is -2.45. The molecule has 1 nitrogen and oxygen atoms in total. The van der Waals surface area contributed by atoms with E-state index in [1.54, 1.807) is 5.57 Å². The van der Waals surface area contributed by atoms with E-state index in [9.17, 15) is 5.11 Å². The van der Waals surface area contributed by atoms with Crippen LogP contribution in [0.2, 0.25) is 0 Å². The lowest BCUT2D eigenvalue weighted by atomic mass is 9.53. The molecule has 3 aliphatic carbocycles. The van der Waals surface area contributed by atoms with Crippen molar-refractivity contribution in [3.63, 3.8) is 0 Å². The summed E-state index contributed by atoms with van der Waals surface area (Å²) in [5.41, 5.74) is 3.68. The van der Waals surface area contributed by atoms with Crippen molar-refractivity contribution in [3.05, 3.63) is 11.1 Å². The second-order valence-corrected chi connectivity index (χ2v) is 6.95. The maximum atomic E-state index is 10.2. The second kappa shape index (κ2) is 2.93. The lowest BCUT2D eigenvalue weighted by molar-refractivity contribution is -0.0251. The highest BCUT2D eigenvalue weighted by Crippen LogP contribution is 2.72. The first kappa shape index (κ1) is 10.8. The van der Waals surface area contributed by atoms with Crippen LogP contribution in [0.5, 0.6) is 0 Å². The first-order valence-corrected chi connectivity index (χ1v) is 6.79. The molecule has 0 aliphatic heterocycles. The van der Waals surface area contributed by atoms with Gasteiger partial charge in [-0.1, -0.05) is 26.3 Å². The maximum Gasteiger partial charge on any atom is 0.0758 e. The lowest BCUT2D eigenvalue weighted by Gasteiger charge is -2.51. The second-order valence-electron chi connectivity index (χ2n) is 6.95. The molecule has 0 amide bonds. The van der Waals surface area contributed by atoms with E-state index < -0.39 is 0 Å². The highest BCUT2D eigenvalue weighted by Gasteiger charge is 2.64. The average Bonchev–Trinajstić information content (AvgIpc) is 2.50. The Morgan fingerprint density at radius 2 is 1.94 bits per heavy atom. The highest BCUT2D eigenvalue weighted by atomic mass is 16.3. The molecule has 0 saturated heterocycles. The van der Waals surface area contributed by atoms with Crippen LogP contribution in [0.3, 0.4) is 0 Å². The Hall–Kier alpha value is -0.300. The molecule has 90 valence electrons. The maximum absolute atomic E-state index is 10.2. The first-order chi connectivity index (χ1) is 7.41. The summed E-state index contributed by atoms with van der Waals surface area (Å²) in [6.45, 7) is 9.48. The SMILES string of the molecule is CC1=C2C[C@H]3CC[C@@H](C)[C@]2(C[C@@H]1O)C3(C)C. The first-order valence-electron chi connectivity index (χ1n) is 6.79. The van der Waals surface area contributed by atoms with E-state index in [0.29, 0.717) is 10.8 Å². The molecule has 0 aromatic rings. The van der Waals surface area contributed by atoms with Gasteiger partial charge >= 0.3 is 0 Å². The minimum atomic E-state index is -0.157. The molecule has 3 rings (SSSR count). The van der Waals surface area contributed by atoms with E-state index in [2.05, 4.69) is 27.7 Å². The van der Waals surface area contributed by atoms with Crippen LogP contribution in [0.1, 0.15) is 53.4 Å². The van der Waals surface area contributed by atoms with Gasteiger partial charge in [-0.05, 0) is 55.4 Å². The zero-order chi connectivity index (χ0) is 11.7. The Balaban J connectivity index is 2.20. The van der Waals surface area contributed by atoms with Crippen LogP contribution in [-0.4, -0.2) is 11.2 Å². The smallest absolute Gasteiger partial charge is 0.0758 e. The molecular weight excluding hydrogens is 196 g/mol.